The third-order valence-electron chi connectivity index (χ3n) is 1.73. The Kier molecular flexibility index (Phi) is 4.39. The van der Waals surface area contributed by atoms with E-state index in [0.29, 0.717) is 15.6 Å². The van der Waals surface area contributed by atoms with Crippen LogP contribution in [0, 0.1) is 0 Å². The van der Waals surface area contributed by atoms with Gasteiger partial charge < -0.3 is 10.4 Å². The van der Waals surface area contributed by atoms with Crippen molar-refractivity contribution in [3.05, 3.63) is 33.8 Å². The van der Waals surface area contributed by atoms with E-state index < -0.39 is 6.10 Å². The van der Waals surface area contributed by atoms with Gasteiger partial charge in [0.1, 0.15) is 0 Å². The molecule has 2 N–H and O–H groups in total. The molecule has 0 heterocycles. The van der Waals surface area contributed by atoms with Crippen molar-refractivity contribution in [1.29, 1.82) is 0 Å². The zero-order chi connectivity index (χ0) is 11.4. The molecule has 15 heavy (non-hydrogen) atoms. The van der Waals surface area contributed by atoms with Crippen molar-refractivity contribution in [3.8, 4) is 0 Å². The molecule has 0 aliphatic carbocycles. The van der Waals surface area contributed by atoms with Crippen LogP contribution in [0.15, 0.2) is 18.2 Å². The Bertz CT molecular complexity index is 366. The number of hydrogen-bond donors (Lipinski definition) is 2. The fourth-order valence-corrected chi connectivity index (χ4v) is 1.38. The first kappa shape index (κ1) is 12.3. The predicted molar refractivity (Wildman–Crippen MR) is 60.5 cm³/mol. The molecule has 1 aromatic carbocycles. The summed E-state index contributed by atoms with van der Waals surface area (Å²) in [4.78, 5) is 11.6. The third kappa shape index (κ3) is 3.70. The molecular formula is C10H11Cl2NO2. The number of halogens is 2. The molecule has 0 bridgehead atoms. The highest BCUT2D eigenvalue weighted by atomic mass is 35.5. The first-order valence-corrected chi connectivity index (χ1v) is 5.17. The number of aliphatic hydroxyl groups is 1. The van der Waals surface area contributed by atoms with Gasteiger partial charge in [0.15, 0.2) is 0 Å². The van der Waals surface area contributed by atoms with Gasteiger partial charge in [-0.25, -0.2) is 0 Å². The van der Waals surface area contributed by atoms with Gasteiger partial charge in [0.25, 0.3) is 5.91 Å². The molecule has 1 atom stereocenters. The fraction of sp³-hybridized carbons (Fsp3) is 0.300. The Morgan fingerprint density at radius 1 is 1.53 bits per heavy atom. The Hall–Kier alpha value is -0.770. The van der Waals surface area contributed by atoms with Crippen LogP contribution in [0.2, 0.25) is 10.0 Å². The van der Waals surface area contributed by atoms with Crippen molar-refractivity contribution in [2.24, 2.45) is 0 Å². The van der Waals surface area contributed by atoms with Crippen molar-refractivity contribution in [2.75, 3.05) is 6.54 Å². The summed E-state index contributed by atoms with van der Waals surface area (Å²) in [5.41, 5.74) is 0.310. The summed E-state index contributed by atoms with van der Waals surface area (Å²) in [6.07, 6.45) is -0.591. The summed E-state index contributed by atoms with van der Waals surface area (Å²) in [6.45, 7) is 1.77. The number of amides is 1. The van der Waals surface area contributed by atoms with Crippen LogP contribution < -0.4 is 5.32 Å². The Morgan fingerprint density at radius 3 is 2.80 bits per heavy atom. The summed E-state index contributed by atoms with van der Waals surface area (Å²) >= 11 is 11.6. The molecule has 0 aliphatic rings. The SMILES string of the molecule is C[C@H](O)CNC(=O)c1cc(Cl)ccc1Cl. The van der Waals surface area contributed by atoms with E-state index in [-0.39, 0.29) is 12.5 Å². The van der Waals surface area contributed by atoms with Crippen LogP contribution in [0.3, 0.4) is 0 Å². The van der Waals surface area contributed by atoms with E-state index in [1.54, 1.807) is 19.1 Å². The van der Waals surface area contributed by atoms with Crippen LogP contribution >= 0.6 is 23.2 Å². The number of carbonyl (C=O) groups excluding carboxylic acids is 1. The average molecular weight is 248 g/mol. The van der Waals surface area contributed by atoms with Gasteiger partial charge >= 0.3 is 0 Å². The molecule has 1 aromatic rings. The van der Waals surface area contributed by atoms with Crippen LogP contribution in [0.4, 0.5) is 0 Å². The second-order valence-corrected chi connectivity index (χ2v) is 4.03. The van der Waals surface area contributed by atoms with E-state index in [1.165, 1.54) is 6.07 Å². The molecule has 0 fully saturated rings. The molecule has 0 aliphatic heterocycles. The second-order valence-electron chi connectivity index (χ2n) is 3.18. The average Bonchev–Trinajstić information content (AvgIpc) is 2.18. The van der Waals surface area contributed by atoms with Gasteiger partial charge in [-0.3, -0.25) is 4.79 Å². The first-order chi connectivity index (χ1) is 7.00. The Balaban J connectivity index is 2.77. The fourth-order valence-electron chi connectivity index (χ4n) is 1.01. The minimum atomic E-state index is -0.591. The van der Waals surface area contributed by atoms with E-state index in [0.717, 1.165) is 0 Å². The molecule has 0 saturated carbocycles. The van der Waals surface area contributed by atoms with Crippen molar-refractivity contribution in [1.82, 2.24) is 5.32 Å². The normalized spacial score (nSPS) is 12.3. The largest absolute Gasteiger partial charge is 0.392 e. The maximum Gasteiger partial charge on any atom is 0.252 e. The van der Waals surface area contributed by atoms with Crippen LogP contribution in [0.25, 0.3) is 0 Å². The molecule has 0 aromatic heterocycles. The quantitative estimate of drug-likeness (QED) is 0.860. The summed E-state index contributed by atoms with van der Waals surface area (Å²) in [5, 5.41) is 12.3. The molecule has 1 rings (SSSR count). The first-order valence-electron chi connectivity index (χ1n) is 4.42. The number of benzene rings is 1. The van der Waals surface area contributed by atoms with Gasteiger partial charge in [0.05, 0.1) is 16.7 Å². The molecule has 0 spiro atoms. The molecule has 5 heteroatoms. The molecule has 0 radical (unpaired) electrons. The molecule has 1 amide bonds. The molecular weight excluding hydrogens is 237 g/mol. The number of carbonyl (C=O) groups is 1. The standard InChI is InChI=1S/C10H11Cl2NO2/c1-6(14)5-13-10(15)8-4-7(11)2-3-9(8)12/h2-4,6,14H,5H2,1H3,(H,13,15)/t6-/m0/s1. The van der Waals surface area contributed by atoms with E-state index in [9.17, 15) is 4.79 Å². The lowest BCUT2D eigenvalue weighted by Crippen LogP contribution is -2.30. The van der Waals surface area contributed by atoms with E-state index in [4.69, 9.17) is 28.3 Å². The zero-order valence-corrected chi connectivity index (χ0v) is 9.64. The van der Waals surface area contributed by atoms with Crippen molar-refractivity contribution in [2.45, 2.75) is 13.0 Å². The summed E-state index contributed by atoms with van der Waals surface area (Å²) in [6, 6.07) is 4.65. The van der Waals surface area contributed by atoms with Crippen LogP contribution in [0.1, 0.15) is 17.3 Å². The lowest BCUT2D eigenvalue weighted by molar-refractivity contribution is 0.0924. The van der Waals surface area contributed by atoms with Crippen LogP contribution in [-0.2, 0) is 0 Å². The zero-order valence-electron chi connectivity index (χ0n) is 8.13. The van der Waals surface area contributed by atoms with Gasteiger partial charge in [0, 0.05) is 11.6 Å². The lowest BCUT2D eigenvalue weighted by Gasteiger charge is -2.08. The third-order valence-corrected chi connectivity index (χ3v) is 2.30. The predicted octanol–water partition coefficient (Wildman–Crippen LogP) is 2.10. The minimum absolute atomic E-state index is 0.182. The molecule has 3 nitrogen and oxygen atoms in total. The minimum Gasteiger partial charge on any atom is -0.392 e. The van der Waals surface area contributed by atoms with Gasteiger partial charge in [0.2, 0.25) is 0 Å². The van der Waals surface area contributed by atoms with E-state index in [1.807, 2.05) is 0 Å². The maximum absolute atomic E-state index is 11.6. The highest BCUT2D eigenvalue weighted by Gasteiger charge is 2.10. The molecule has 82 valence electrons. The Labute approximate surface area is 98.0 Å². The number of aliphatic hydroxyl groups excluding tert-OH is 1. The van der Waals surface area contributed by atoms with Gasteiger partial charge in [-0.15, -0.1) is 0 Å². The smallest absolute Gasteiger partial charge is 0.252 e. The summed E-state index contributed by atoms with van der Waals surface area (Å²) < 4.78 is 0. The number of hydrogen-bond acceptors (Lipinski definition) is 2. The van der Waals surface area contributed by atoms with Crippen LogP contribution in [-0.4, -0.2) is 23.7 Å². The second kappa shape index (κ2) is 5.35. The number of nitrogens with one attached hydrogen (secondary N) is 1. The van der Waals surface area contributed by atoms with Crippen molar-refractivity contribution in [3.63, 3.8) is 0 Å². The van der Waals surface area contributed by atoms with Gasteiger partial charge in [-0.05, 0) is 25.1 Å². The Morgan fingerprint density at radius 2 is 2.20 bits per heavy atom. The molecule has 0 unspecified atom stereocenters. The monoisotopic (exact) mass is 247 g/mol. The van der Waals surface area contributed by atoms with Gasteiger partial charge in [-0.1, -0.05) is 23.2 Å². The highest BCUT2D eigenvalue weighted by molar-refractivity contribution is 6.35. The summed E-state index contributed by atoms with van der Waals surface area (Å²) in [7, 11) is 0. The van der Waals surface area contributed by atoms with Crippen molar-refractivity contribution < 1.29 is 9.90 Å². The van der Waals surface area contributed by atoms with Gasteiger partial charge in [-0.2, -0.15) is 0 Å². The highest BCUT2D eigenvalue weighted by Crippen LogP contribution is 2.20. The topological polar surface area (TPSA) is 49.3 Å². The van der Waals surface area contributed by atoms with Crippen LogP contribution in [0.5, 0.6) is 0 Å². The molecule has 0 saturated heterocycles. The number of rotatable bonds is 3. The lowest BCUT2D eigenvalue weighted by atomic mass is 10.2. The summed E-state index contributed by atoms with van der Waals surface area (Å²) in [5.74, 6) is -0.344. The van der Waals surface area contributed by atoms with Crippen molar-refractivity contribution >= 4 is 29.1 Å². The maximum atomic E-state index is 11.6. The van der Waals surface area contributed by atoms with E-state index >= 15 is 0 Å². The van der Waals surface area contributed by atoms with E-state index in [2.05, 4.69) is 5.32 Å².